The maximum atomic E-state index is 12.3. The molecule has 0 saturated heterocycles. The Morgan fingerprint density at radius 2 is 2.00 bits per heavy atom. The van der Waals surface area contributed by atoms with Gasteiger partial charge in [-0.1, -0.05) is 25.2 Å². The molecule has 4 rings (SSSR count). The van der Waals surface area contributed by atoms with Crippen LogP contribution in [0.15, 0.2) is 57.9 Å². The van der Waals surface area contributed by atoms with Gasteiger partial charge >= 0.3 is 5.97 Å². The van der Waals surface area contributed by atoms with Crippen LogP contribution in [0, 0.1) is 0 Å². The summed E-state index contributed by atoms with van der Waals surface area (Å²) in [6.45, 7) is 3.83. The number of furan rings is 1. The molecule has 158 valence electrons. The van der Waals surface area contributed by atoms with Crippen molar-refractivity contribution in [3.63, 3.8) is 0 Å². The van der Waals surface area contributed by atoms with Gasteiger partial charge in [-0.2, -0.15) is 9.61 Å². The largest absolute Gasteiger partial charge is 0.459 e. The van der Waals surface area contributed by atoms with Crippen molar-refractivity contribution in [1.82, 2.24) is 14.6 Å². The number of rotatable bonds is 6. The minimum Gasteiger partial charge on any atom is -0.459 e. The van der Waals surface area contributed by atoms with Crippen LogP contribution in [-0.2, 0) is 11.3 Å². The Morgan fingerprint density at radius 3 is 2.68 bits per heavy atom. The molecule has 0 aliphatic rings. The Balaban J connectivity index is 1.40. The molecule has 3 aromatic heterocycles. The molecule has 3 heterocycles. The zero-order chi connectivity index (χ0) is 22.0. The molecule has 0 radical (unpaired) electrons. The van der Waals surface area contributed by atoms with E-state index in [9.17, 15) is 14.4 Å². The zero-order valence-electron chi connectivity index (χ0n) is 16.7. The van der Waals surface area contributed by atoms with E-state index in [0.717, 1.165) is 5.01 Å². The van der Waals surface area contributed by atoms with Crippen molar-refractivity contribution in [2.75, 3.05) is 5.32 Å². The quantitative estimate of drug-likeness (QED) is 0.458. The highest BCUT2D eigenvalue weighted by Gasteiger charge is 2.14. The van der Waals surface area contributed by atoms with E-state index in [1.54, 1.807) is 24.3 Å². The van der Waals surface area contributed by atoms with Crippen LogP contribution in [0.4, 0.5) is 5.69 Å². The zero-order valence-corrected chi connectivity index (χ0v) is 17.5. The Hall–Kier alpha value is -3.79. The number of hydrogen-bond acceptors (Lipinski definition) is 8. The van der Waals surface area contributed by atoms with Gasteiger partial charge in [-0.3, -0.25) is 9.59 Å². The van der Waals surface area contributed by atoms with Crippen LogP contribution in [0.25, 0.3) is 4.96 Å². The van der Waals surface area contributed by atoms with Gasteiger partial charge in [0.05, 0.1) is 17.5 Å². The summed E-state index contributed by atoms with van der Waals surface area (Å²) in [7, 11) is 0. The summed E-state index contributed by atoms with van der Waals surface area (Å²) >= 11 is 1.33. The van der Waals surface area contributed by atoms with Crippen molar-refractivity contribution in [2.24, 2.45) is 0 Å². The van der Waals surface area contributed by atoms with E-state index in [4.69, 9.17) is 9.15 Å². The molecule has 9 nitrogen and oxygen atoms in total. The van der Waals surface area contributed by atoms with Crippen LogP contribution in [0.5, 0.6) is 0 Å². The van der Waals surface area contributed by atoms with Gasteiger partial charge in [0.25, 0.3) is 11.5 Å². The number of fused-ring (bicyclic) bond motifs is 1. The SMILES string of the molecule is CC(C)c1nn2c(=O)cc(COC(=O)c3ccc(NC(=O)c4ccco4)cc3)nc2s1. The van der Waals surface area contributed by atoms with E-state index in [1.165, 1.54) is 40.3 Å². The Bertz CT molecular complexity index is 1290. The van der Waals surface area contributed by atoms with E-state index < -0.39 is 11.9 Å². The molecular formula is C21H18N4O5S. The third-order valence-electron chi connectivity index (χ3n) is 4.28. The number of amides is 1. The summed E-state index contributed by atoms with van der Waals surface area (Å²) < 4.78 is 11.6. The van der Waals surface area contributed by atoms with E-state index in [1.807, 2.05) is 13.8 Å². The van der Waals surface area contributed by atoms with Crippen LogP contribution in [0.2, 0.25) is 0 Å². The van der Waals surface area contributed by atoms with Crippen molar-refractivity contribution in [3.8, 4) is 0 Å². The average molecular weight is 438 g/mol. The standard InChI is InChI=1S/C21H18N4O5S/c1-12(2)19-24-25-17(26)10-15(23-21(25)31-19)11-30-20(28)13-5-7-14(8-6-13)22-18(27)16-4-3-9-29-16/h3-10,12H,11H2,1-2H3,(H,22,27). The van der Waals surface area contributed by atoms with E-state index in [2.05, 4.69) is 15.4 Å². The van der Waals surface area contributed by atoms with E-state index in [-0.39, 0.29) is 23.8 Å². The first-order valence-electron chi connectivity index (χ1n) is 9.42. The number of hydrogen-bond donors (Lipinski definition) is 1. The highest BCUT2D eigenvalue weighted by molar-refractivity contribution is 7.16. The number of nitrogens with zero attached hydrogens (tertiary/aromatic N) is 3. The smallest absolute Gasteiger partial charge is 0.338 e. The molecule has 0 saturated carbocycles. The molecule has 4 aromatic rings. The first-order valence-corrected chi connectivity index (χ1v) is 10.2. The maximum Gasteiger partial charge on any atom is 0.338 e. The molecule has 10 heteroatoms. The van der Waals surface area contributed by atoms with Gasteiger partial charge in [-0.15, -0.1) is 0 Å². The second-order valence-corrected chi connectivity index (χ2v) is 7.95. The molecule has 0 spiro atoms. The molecule has 1 N–H and O–H groups in total. The maximum absolute atomic E-state index is 12.3. The number of ether oxygens (including phenoxy) is 1. The minimum atomic E-state index is -0.571. The molecule has 31 heavy (non-hydrogen) atoms. The van der Waals surface area contributed by atoms with Crippen LogP contribution in [-0.4, -0.2) is 26.5 Å². The first-order chi connectivity index (χ1) is 14.9. The third-order valence-corrected chi connectivity index (χ3v) is 5.49. The van der Waals surface area contributed by atoms with Gasteiger partial charge in [0.15, 0.2) is 5.76 Å². The van der Waals surface area contributed by atoms with Crippen molar-refractivity contribution in [3.05, 3.63) is 81.1 Å². The van der Waals surface area contributed by atoms with Gasteiger partial charge < -0.3 is 14.5 Å². The Labute approximate surface area is 180 Å². The number of benzene rings is 1. The minimum absolute atomic E-state index is 0.142. The topological polar surface area (TPSA) is 116 Å². The van der Waals surface area contributed by atoms with Crippen molar-refractivity contribution >= 4 is 33.9 Å². The molecule has 1 aromatic carbocycles. The fraction of sp³-hybridized carbons (Fsp3) is 0.190. The van der Waals surface area contributed by atoms with E-state index >= 15 is 0 Å². The van der Waals surface area contributed by atoms with Gasteiger partial charge in [0.1, 0.15) is 11.6 Å². The summed E-state index contributed by atoms with van der Waals surface area (Å²) in [5.41, 5.74) is 0.827. The Kier molecular flexibility index (Phi) is 5.63. The molecular weight excluding hydrogens is 420 g/mol. The predicted octanol–water partition coefficient (Wildman–Crippen LogP) is 3.48. The van der Waals surface area contributed by atoms with Crippen molar-refractivity contribution < 1.29 is 18.7 Å². The lowest BCUT2D eigenvalue weighted by Gasteiger charge is -2.06. The fourth-order valence-corrected chi connectivity index (χ4v) is 3.62. The first kappa shape index (κ1) is 20.5. The van der Waals surface area contributed by atoms with Crippen LogP contribution < -0.4 is 10.9 Å². The number of aromatic nitrogens is 3. The lowest BCUT2D eigenvalue weighted by atomic mass is 10.2. The highest BCUT2D eigenvalue weighted by Crippen LogP contribution is 2.20. The van der Waals surface area contributed by atoms with Crippen molar-refractivity contribution in [1.29, 1.82) is 0 Å². The van der Waals surface area contributed by atoms with Gasteiger partial charge in [-0.05, 0) is 36.4 Å². The monoisotopic (exact) mass is 438 g/mol. The van der Waals surface area contributed by atoms with Crippen LogP contribution >= 0.6 is 11.3 Å². The summed E-state index contributed by atoms with van der Waals surface area (Å²) in [4.78, 5) is 41.4. The number of anilines is 1. The number of nitrogens with one attached hydrogen (secondary N) is 1. The van der Waals surface area contributed by atoms with Crippen LogP contribution in [0.3, 0.4) is 0 Å². The second kappa shape index (κ2) is 8.52. The lowest BCUT2D eigenvalue weighted by molar-refractivity contribution is 0.0467. The fourth-order valence-electron chi connectivity index (χ4n) is 2.69. The van der Waals surface area contributed by atoms with Crippen LogP contribution in [0.1, 0.15) is 51.4 Å². The molecule has 0 bridgehead atoms. The summed E-state index contributed by atoms with van der Waals surface area (Å²) in [6, 6.07) is 10.7. The van der Waals surface area contributed by atoms with Gasteiger partial charge in [-0.25, -0.2) is 9.78 Å². The normalized spacial score (nSPS) is 11.1. The van der Waals surface area contributed by atoms with E-state index in [0.29, 0.717) is 21.9 Å². The summed E-state index contributed by atoms with van der Waals surface area (Å²) in [6.07, 6.45) is 1.41. The molecule has 0 aliphatic heterocycles. The van der Waals surface area contributed by atoms with Crippen molar-refractivity contribution in [2.45, 2.75) is 26.4 Å². The number of esters is 1. The molecule has 0 unspecified atom stereocenters. The van der Waals surface area contributed by atoms with Gasteiger partial charge in [0, 0.05) is 17.7 Å². The predicted molar refractivity (Wildman–Crippen MR) is 113 cm³/mol. The summed E-state index contributed by atoms with van der Waals surface area (Å²) in [5, 5.41) is 7.73. The Morgan fingerprint density at radius 1 is 1.23 bits per heavy atom. The number of carbonyl (C=O) groups excluding carboxylic acids is 2. The molecule has 0 aliphatic carbocycles. The van der Waals surface area contributed by atoms with Gasteiger partial charge in [0.2, 0.25) is 4.96 Å². The molecule has 1 amide bonds. The second-order valence-electron chi connectivity index (χ2n) is 6.96. The average Bonchev–Trinajstić information content (AvgIpc) is 3.43. The highest BCUT2D eigenvalue weighted by atomic mass is 32.1. The summed E-state index contributed by atoms with van der Waals surface area (Å²) in [5.74, 6) is -0.598. The molecule has 0 fully saturated rings. The third kappa shape index (κ3) is 4.53. The molecule has 0 atom stereocenters. The lowest BCUT2D eigenvalue weighted by Crippen LogP contribution is -2.17. The number of carbonyl (C=O) groups is 2.